The number of methoxy groups -OCH3 is 1. The summed E-state index contributed by atoms with van der Waals surface area (Å²) >= 11 is 2.39. The molecular weight excluding hydrogens is 1000 g/mol. The number of phenols is 2. The molecule has 1 unspecified atom stereocenters. The topological polar surface area (TPSA) is 238 Å². The number of terminal acetylenes is 1. The van der Waals surface area contributed by atoms with E-state index in [1.54, 1.807) is 39.8 Å². The molecule has 2 aromatic rings. The van der Waals surface area contributed by atoms with Crippen LogP contribution < -0.4 is 26.1 Å². The van der Waals surface area contributed by atoms with Gasteiger partial charge in [0.1, 0.15) is 40.4 Å². The van der Waals surface area contributed by atoms with Gasteiger partial charge in [0.15, 0.2) is 5.75 Å². The van der Waals surface area contributed by atoms with Gasteiger partial charge in [0.2, 0.25) is 5.91 Å². The number of piperidine rings is 1. The summed E-state index contributed by atoms with van der Waals surface area (Å²) in [5.74, 6) is -6.99. The van der Waals surface area contributed by atoms with Gasteiger partial charge in [0.25, 0.3) is 11.7 Å². The fraction of sp³-hybridized carbons (Fsp3) is 0.569. The predicted octanol–water partition coefficient (Wildman–Crippen LogP) is 4.67. The summed E-state index contributed by atoms with van der Waals surface area (Å²) in [6.45, 7) is 18.3. The molecule has 1 saturated heterocycles. The van der Waals surface area contributed by atoms with E-state index in [1.807, 2.05) is 13.8 Å². The third-order valence-corrected chi connectivity index (χ3v) is 14.1. The van der Waals surface area contributed by atoms with Crippen molar-refractivity contribution in [1.29, 1.82) is 0 Å². The van der Waals surface area contributed by atoms with Gasteiger partial charge >= 0.3 is 11.8 Å². The first-order chi connectivity index (χ1) is 32.5. The zero-order valence-electron chi connectivity index (χ0n) is 41.0. The lowest BCUT2D eigenvalue weighted by molar-refractivity contribution is -0.164. The molecule has 4 aliphatic heterocycles. The number of hydrogen-bond donors (Lipinski definition) is 6. The highest BCUT2D eigenvalue weighted by atomic mass is 127. The number of anilines is 1. The van der Waals surface area contributed by atoms with Gasteiger partial charge in [-0.3, -0.25) is 24.2 Å². The highest BCUT2D eigenvalue weighted by molar-refractivity contribution is 14.1. The number of hydrogen-bond acceptors (Lipinski definition) is 15. The van der Waals surface area contributed by atoms with Crippen LogP contribution in [0.3, 0.4) is 0 Å². The Morgan fingerprint density at radius 2 is 1.70 bits per heavy atom. The highest BCUT2D eigenvalue weighted by Crippen LogP contribution is 2.51. The Morgan fingerprint density at radius 3 is 2.32 bits per heavy atom. The van der Waals surface area contributed by atoms with Crippen molar-refractivity contribution in [2.45, 2.75) is 121 Å². The molecule has 0 radical (unpaired) electrons. The second-order valence-corrected chi connectivity index (χ2v) is 21.6. The number of aromatic hydroxyl groups is 2. The quantitative estimate of drug-likeness (QED) is 0.0527. The molecule has 4 aliphatic rings. The number of esters is 1. The van der Waals surface area contributed by atoms with E-state index in [0.29, 0.717) is 36.4 Å². The summed E-state index contributed by atoms with van der Waals surface area (Å²) in [5, 5.41) is 53.5. The van der Waals surface area contributed by atoms with E-state index in [1.165, 1.54) is 33.1 Å². The summed E-state index contributed by atoms with van der Waals surface area (Å²) < 4.78 is 24.6. The van der Waals surface area contributed by atoms with Crippen molar-refractivity contribution < 1.29 is 58.6 Å². The number of Topliss-reactive ketones (excluding diaryl/α,β-unsaturated/α-hetero) is 1. The van der Waals surface area contributed by atoms with Crippen LogP contribution in [-0.4, -0.2) is 122 Å². The van der Waals surface area contributed by atoms with E-state index >= 15 is 0 Å². The maximum Gasteiger partial charge on any atom is 0.383 e. The van der Waals surface area contributed by atoms with Gasteiger partial charge in [-0.1, -0.05) is 89.3 Å². The number of halogens is 1. The van der Waals surface area contributed by atoms with Gasteiger partial charge in [0.05, 0.1) is 41.2 Å². The Kier molecular flexibility index (Phi) is 16.6. The molecule has 2 amide bonds. The van der Waals surface area contributed by atoms with E-state index in [9.17, 15) is 39.6 Å². The molecule has 6 rings (SSSR count). The van der Waals surface area contributed by atoms with E-state index in [2.05, 4.69) is 56.0 Å². The number of nitrogens with zero attached hydrogens (tertiary/aromatic N) is 3. The number of rotatable bonds is 8. The van der Waals surface area contributed by atoms with Crippen molar-refractivity contribution >= 4 is 62.6 Å². The second-order valence-electron chi connectivity index (χ2n) is 19.4. The molecule has 6 N–H and O–H groups in total. The van der Waals surface area contributed by atoms with Crippen molar-refractivity contribution in [2.24, 2.45) is 39.6 Å². The molecule has 10 atom stereocenters. The van der Waals surface area contributed by atoms with Crippen LogP contribution in [0.2, 0.25) is 0 Å². The minimum atomic E-state index is -2.44. The number of amides is 2. The third-order valence-electron chi connectivity index (χ3n) is 13.7. The molecule has 374 valence electrons. The molecule has 2 aromatic carbocycles. The second kappa shape index (κ2) is 21.5. The molecular formula is C51H66IN5O12. The summed E-state index contributed by atoms with van der Waals surface area (Å²) in [7, 11) is 1.40. The molecule has 18 heteroatoms. The Balaban J connectivity index is 1.51. The highest BCUT2D eigenvalue weighted by Gasteiger charge is 2.53. The zero-order chi connectivity index (χ0) is 50.9. The SMILES string of the molecule is C#C[C@@]12O/C=C/[C@H](OC)[C@@H](C)[C@@H](OC(=O)CC(=O)NCC(C)C)[C@H](C)[C@H](O)[C@H](C)[C@@H](O)[C@@H](C)/C=C/C=C(/C)C(=O)N=c3c(O)c4c(O)c(C)c(c(c4c4c3=NC3(CCN(CC(C)I)CC3)N4)C1=O)O2. The van der Waals surface area contributed by atoms with Crippen molar-refractivity contribution in [3.63, 3.8) is 0 Å². The normalized spacial score (nSPS) is 30.5. The van der Waals surface area contributed by atoms with E-state index in [0.717, 1.165) is 12.8 Å². The number of fused-ring (bicyclic) bond motifs is 1. The first kappa shape index (κ1) is 53.3. The smallest absolute Gasteiger partial charge is 0.383 e. The maximum absolute atomic E-state index is 15.0. The molecule has 69 heavy (non-hydrogen) atoms. The molecule has 4 heterocycles. The molecule has 0 aromatic heterocycles. The van der Waals surface area contributed by atoms with E-state index in [-0.39, 0.29) is 55.5 Å². The van der Waals surface area contributed by atoms with Gasteiger partial charge in [-0.25, -0.2) is 4.99 Å². The van der Waals surface area contributed by atoms with Crippen LogP contribution in [0.15, 0.2) is 46.1 Å². The van der Waals surface area contributed by atoms with Crippen LogP contribution in [-0.2, 0) is 28.6 Å². The summed E-state index contributed by atoms with van der Waals surface area (Å²) in [5.41, 5.74) is -0.575. The third kappa shape index (κ3) is 10.8. The maximum atomic E-state index is 15.0. The van der Waals surface area contributed by atoms with Gasteiger partial charge in [-0.15, -0.1) is 6.42 Å². The number of carbonyl (C=O) groups is 4. The van der Waals surface area contributed by atoms with Crippen molar-refractivity contribution in [1.82, 2.24) is 10.2 Å². The van der Waals surface area contributed by atoms with Crippen molar-refractivity contribution in [3.05, 3.63) is 58.0 Å². The van der Waals surface area contributed by atoms with E-state index in [4.69, 9.17) is 30.4 Å². The molecule has 1 spiro atoms. The molecule has 1 fully saturated rings. The van der Waals surface area contributed by atoms with Gasteiger partial charge in [0, 0.05) is 90.2 Å². The number of phenolic OH excluding ortho intramolecular Hbond substituents is 2. The first-order valence-corrected chi connectivity index (χ1v) is 24.7. The van der Waals surface area contributed by atoms with Crippen LogP contribution >= 0.6 is 22.6 Å². The minimum Gasteiger partial charge on any atom is -0.507 e. The number of likely N-dealkylation sites (tertiary alicyclic amines) is 1. The summed E-state index contributed by atoms with van der Waals surface area (Å²) in [6, 6.07) is 0. The summed E-state index contributed by atoms with van der Waals surface area (Å²) in [4.78, 5) is 66.9. The van der Waals surface area contributed by atoms with Gasteiger partial charge in [-0.05, 0) is 31.8 Å². The van der Waals surface area contributed by atoms with Gasteiger partial charge < -0.3 is 54.9 Å². The molecule has 4 bridgehead atoms. The van der Waals surface area contributed by atoms with Crippen LogP contribution in [0, 0.1) is 48.9 Å². The largest absolute Gasteiger partial charge is 0.507 e. The lowest BCUT2D eigenvalue weighted by atomic mass is 9.78. The Bertz CT molecular complexity index is 2610. The Labute approximate surface area is 416 Å². The lowest BCUT2D eigenvalue weighted by Gasteiger charge is -2.38. The average molecular weight is 1070 g/mol. The lowest BCUT2D eigenvalue weighted by Crippen LogP contribution is -2.47. The number of carbonyl (C=O) groups excluding carboxylic acids is 4. The average Bonchev–Trinajstić information content (AvgIpc) is 3.82. The predicted molar refractivity (Wildman–Crippen MR) is 266 cm³/mol. The zero-order valence-corrected chi connectivity index (χ0v) is 43.1. The van der Waals surface area contributed by atoms with Crippen molar-refractivity contribution in [2.75, 3.05) is 38.6 Å². The van der Waals surface area contributed by atoms with Crippen LogP contribution in [0.1, 0.15) is 90.6 Å². The number of aliphatic hydroxyl groups excluding tert-OH is 2. The van der Waals surface area contributed by atoms with E-state index < -0.39 is 101 Å². The van der Waals surface area contributed by atoms with Crippen LogP contribution in [0.25, 0.3) is 10.8 Å². The summed E-state index contributed by atoms with van der Waals surface area (Å²) in [6.07, 6.45) is 9.46. The van der Waals surface area contributed by atoms with Crippen LogP contribution in [0.4, 0.5) is 5.69 Å². The molecule has 17 nitrogen and oxygen atoms in total. The number of nitrogens with one attached hydrogen (secondary N) is 2. The number of aliphatic hydroxyl groups is 2. The Morgan fingerprint density at radius 1 is 1.01 bits per heavy atom. The number of benzene rings is 2. The number of alkyl halides is 1. The number of ether oxygens (including phenoxy) is 4. The first-order valence-electron chi connectivity index (χ1n) is 23.5. The fourth-order valence-electron chi connectivity index (χ4n) is 9.57. The number of ketones is 1. The minimum absolute atomic E-state index is 0.0460. The Hall–Kier alpha value is -5.07. The standard InChI is InChI=1S/C51H66IN5O12/c1-12-51-48(64)38-36-37(44(62)32(10)47(38)69-51)45(63)41(40-39(36)55-50(56-40)17-19-57(20-18-50)24-28(6)52)54-49(65)27(5)15-13-14-26(4)42(60)30(8)43(61)31(9)46(29(7)33(66-11)16-21-67-51)68-35(59)22-34(58)53-23-25(2)3/h1,13-16,21,25-26,28-31,33,42-43,46,55,60-63H,17-20,22-24H2,2-11H3,(H,53,58)/b14-13+,21-16+,27-15-,54-41?/t26-,28?,29+,30+,31+,33-,42-,43+,46+,51-/m0/s1. The fourth-order valence-corrected chi connectivity index (χ4v) is 10.1. The number of allylic oxidation sites excluding steroid dienone is 2. The molecule has 0 saturated carbocycles. The van der Waals surface area contributed by atoms with Crippen LogP contribution in [0.5, 0.6) is 17.2 Å². The van der Waals surface area contributed by atoms with Gasteiger partial charge in [-0.2, -0.15) is 0 Å². The van der Waals surface area contributed by atoms with Crippen molar-refractivity contribution in [3.8, 4) is 29.6 Å². The monoisotopic (exact) mass is 1070 g/mol. The molecule has 0 aliphatic carbocycles.